The fourth-order valence-electron chi connectivity index (χ4n) is 6.59. The molecule has 4 rings (SSSR count). The summed E-state index contributed by atoms with van der Waals surface area (Å²) in [5.41, 5.74) is 0.386. The van der Waals surface area contributed by atoms with Gasteiger partial charge in [0, 0.05) is 6.42 Å². The third-order valence-electron chi connectivity index (χ3n) is 8.04. The van der Waals surface area contributed by atoms with E-state index in [4.69, 9.17) is 0 Å². The first kappa shape index (κ1) is 23.0. The molecule has 0 saturated heterocycles. The Labute approximate surface area is 187 Å². The molecule has 4 aliphatic carbocycles. The van der Waals surface area contributed by atoms with E-state index in [1.807, 2.05) is 26.0 Å². The van der Waals surface area contributed by atoms with E-state index in [2.05, 4.69) is 0 Å². The van der Waals surface area contributed by atoms with Crippen LogP contribution in [0.15, 0.2) is 46.6 Å². The monoisotopic (exact) mass is 428 g/mol. The molecule has 0 aromatic heterocycles. The first-order valence-electron chi connectivity index (χ1n) is 12.3. The highest BCUT2D eigenvalue weighted by Crippen LogP contribution is 2.45. The first-order valence-corrected chi connectivity index (χ1v) is 12.3. The molecule has 0 radical (unpaired) electrons. The van der Waals surface area contributed by atoms with Crippen LogP contribution >= 0.6 is 0 Å². The second-order valence-electron chi connectivity index (χ2n) is 10.7. The van der Waals surface area contributed by atoms with E-state index in [0.29, 0.717) is 0 Å². The SMILES string of the molecule is CC1=CC(O)(CC2(O)C=C(C)C=C(C3CCCCC3)C2O)C(O)C(C2CCCCC2)=C1. The maximum atomic E-state index is 11.6. The Bertz CT molecular complexity index is 728. The molecule has 0 amide bonds. The van der Waals surface area contributed by atoms with E-state index in [1.165, 1.54) is 12.8 Å². The number of hydrogen-bond acceptors (Lipinski definition) is 4. The Balaban J connectivity index is 1.59. The van der Waals surface area contributed by atoms with Crippen molar-refractivity contribution >= 4 is 0 Å². The largest absolute Gasteiger partial charge is 0.385 e. The number of hydrogen-bond donors (Lipinski definition) is 4. The molecule has 4 heteroatoms. The third kappa shape index (κ3) is 4.64. The lowest BCUT2D eigenvalue weighted by Crippen LogP contribution is -2.55. The number of allylic oxidation sites excluding steroid dienone is 4. The third-order valence-corrected chi connectivity index (χ3v) is 8.04. The minimum Gasteiger partial charge on any atom is -0.385 e. The summed E-state index contributed by atoms with van der Waals surface area (Å²) in [4.78, 5) is 0. The van der Waals surface area contributed by atoms with Crippen LogP contribution in [0.2, 0.25) is 0 Å². The molecular formula is C27H40O4. The molecule has 0 heterocycles. The normalized spacial score (nSPS) is 38.3. The van der Waals surface area contributed by atoms with Crippen LogP contribution in [0.1, 0.15) is 84.5 Å². The van der Waals surface area contributed by atoms with Crippen molar-refractivity contribution in [1.29, 1.82) is 0 Å². The van der Waals surface area contributed by atoms with Gasteiger partial charge in [-0.05, 0) is 74.7 Å². The van der Waals surface area contributed by atoms with E-state index < -0.39 is 23.4 Å². The molecule has 0 aliphatic heterocycles. The molecule has 0 bridgehead atoms. The zero-order chi connectivity index (χ0) is 22.2. The first-order chi connectivity index (χ1) is 14.7. The molecule has 31 heavy (non-hydrogen) atoms. The molecule has 4 nitrogen and oxygen atoms in total. The topological polar surface area (TPSA) is 80.9 Å². The number of rotatable bonds is 4. The van der Waals surface area contributed by atoms with Crippen molar-refractivity contribution in [3.63, 3.8) is 0 Å². The summed E-state index contributed by atoms with van der Waals surface area (Å²) in [6, 6.07) is 0. The fraction of sp³-hybridized carbons (Fsp3) is 0.704. The van der Waals surface area contributed by atoms with Gasteiger partial charge in [-0.1, -0.05) is 61.8 Å². The second-order valence-corrected chi connectivity index (χ2v) is 10.7. The Morgan fingerprint density at radius 1 is 0.677 bits per heavy atom. The van der Waals surface area contributed by atoms with E-state index in [-0.39, 0.29) is 18.3 Å². The highest BCUT2D eigenvalue weighted by molar-refractivity contribution is 5.42. The average Bonchev–Trinajstić information content (AvgIpc) is 2.74. The van der Waals surface area contributed by atoms with Gasteiger partial charge < -0.3 is 20.4 Å². The molecule has 0 aromatic carbocycles. The molecule has 4 atom stereocenters. The van der Waals surface area contributed by atoms with Crippen LogP contribution in [0, 0.1) is 11.8 Å². The van der Waals surface area contributed by atoms with Gasteiger partial charge in [-0.15, -0.1) is 0 Å². The van der Waals surface area contributed by atoms with E-state index >= 15 is 0 Å². The van der Waals surface area contributed by atoms with Crippen molar-refractivity contribution in [3.8, 4) is 0 Å². The van der Waals surface area contributed by atoms with Crippen LogP contribution in [0.25, 0.3) is 0 Å². The van der Waals surface area contributed by atoms with Gasteiger partial charge in [-0.2, -0.15) is 0 Å². The molecule has 4 aliphatic rings. The van der Waals surface area contributed by atoms with Crippen LogP contribution in [0.4, 0.5) is 0 Å². The lowest BCUT2D eigenvalue weighted by Gasteiger charge is -2.46. The zero-order valence-electron chi connectivity index (χ0n) is 19.2. The Morgan fingerprint density at radius 3 is 1.39 bits per heavy atom. The predicted octanol–water partition coefficient (Wildman–Crippen LogP) is 4.49. The molecule has 0 aromatic rings. The van der Waals surface area contributed by atoms with E-state index in [1.54, 1.807) is 12.2 Å². The van der Waals surface area contributed by atoms with E-state index in [9.17, 15) is 20.4 Å². The van der Waals surface area contributed by atoms with E-state index in [0.717, 1.165) is 73.7 Å². The van der Waals surface area contributed by atoms with Gasteiger partial charge in [0.1, 0.15) is 23.4 Å². The summed E-state index contributed by atoms with van der Waals surface area (Å²) in [5, 5.41) is 45.8. The Kier molecular flexibility index (Phi) is 6.65. The summed E-state index contributed by atoms with van der Waals surface area (Å²) < 4.78 is 0. The fourth-order valence-corrected chi connectivity index (χ4v) is 6.59. The minimum absolute atomic E-state index is 0.120. The molecule has 0 spiro atoms. The molecule has 2 fully saturated rings. The van der Waals surface area contributed by atoms with Crippen LogP contribution in [-0.4, -0.2) is 43.8 Å². The van der Waals surface area contributed by atoms with Gasteiger partial charge >= 0.3 is 0 Å². The number of aliphatic hydroxyl groups is 4. The minimum atomic E-state index is -1.60. The van der Waals surface area contributed by atoms with Crippen molar-refractivity contribution in [2.75, 3.05) is 0 Å². The lowest BCUT2D eigenvalue weighted by atomic mass is 9.67. The smallest absolute Gasteiger partial charge is 0.116 e. The van der Waals surface area contributed by atoms with Crippen LogP contribution < -0.4 is 0 Å². The highest BCUT2D eigenvalue weighted by Gasteiger charge is 2.50. The quantitative estimate of drug-likeness (QED) is 0.532. The Morgan fingerprint density at radius 2 is 1.03 bits per heavy atom. The van der Waals surface area contributed by atoms with Crippen molar-refractivity contribution in [1.82, 2.24) is 0 Å². The predicted molar refractivity (Wildman–Crippen MR) is 123 cm³/mol. The van der Waals surface area contributed by atoms with Crippen molar-refractivity contribution in [2.45, 2.75) is 108 Å². The van der Waals surface area contributed by atoms with Crippen LogP contribution in [0.3, 0.4) is 0 Å². The number of aliphatic hydroxyl groups excluding tert-OH is 2. The zero-order valence-corrected chi connectivity index (χ0v) is 19.2. The average molecular weight is 429 g/mol. The molecule has 172 valence electrons. The van der Waals surface area contributed by atoms with Gasteiger partial charge in [0.2, 0.25) is 0 Å². The maximum Gasteiger partial charge on any atom is 0.116 e. The van der Waals surface area contributed by atoms with Gasteiger partial charge in [-0.25, -0.2) is 0 Å². The molecule has 2 saturated carbocycles. The standard InChI is InChI=1S/C27H40O4/c1-18-13-22(20-9-5-3-6-10-20)24(28)26(30,15-18)17-27(31)16-19(2)14-23(25(27)29)21-11-7-4-8-12-21/h13-16,20-21,24-25,28-31H,3-12,17H2,1-2H3. The van der Waals surface area contributed by atoms with Crippen molar-refractivity contribution in [2.24, 2.45) is 11.8 Å². The summed E-state index contributed by atoms with van der Waals surface area (Å²) in [7, 11) is 0. The molecular weight excluding hydrogens is 388 g/mol. The molecule has 4 N–H and O–H groups in total. The van der Waals surface area contributed by atoms with Crippen LogP contribution in [0.5, 0.6) is 0 Å². The summed E-state index contributed by atoms with van der Waals surface area (Å²) in [5.74, 6) is 0.555. The second kappa shape index (κ2) is 8.97. The van der Waals surface area contributed by atoms with Gasteiger partial charge in [0.05, 0.1) is 0 Å². The van der Waals surface area contributed by atoms with Crippen LogP contribution in [-0.2, 0) is 0 Å². The molecule has 4 unspecified atom stereocenters. The van der Waals surface area contributed by atoms with Gasteiger partial charge in [0.25, 0.3) is 0 Å². The summed E-state index contributed by atoms with van der Waals surface area (Å²) >= 11 is 0. The van der Waals surface area contributed by atoms with Gasteiger partial charge in [-0.3, -0.25) is 0 Å². The lowest BCUT2D eigenvalue weighted by molar-refractivity contribution is -0.108. The highest BCUT2D eigenvalue weighted by atomic mass is 16.4. The van der Waals surface area contributed by atoms with Crippen molar-refractivity contribution < 1.29 is 20.4 Å². The van der Waals surface area contributed by atoms with Crippen molar-refractivity contribution in [3.05, 3.63) is 46.6 Å². The maximum absolute atomic E-state index is 11.6. The summed E-state index contributed by atoms with van der Waals surface area (Å²) in [6.07, 6.45) is 16.3. The van der Waals surface area contributed by atoms with Gasteiger partial charge in [0.15, 0.2) is 0 Å². The summed E-state index contributed by atoms with van der Waals surface area (Å²) in [6.45, 7) is 3.88. The Hall–Kier alpha value is -1.20.